The van der Waals surface area contributed by atoms with Crippen molar-refractivity contribution in [2.75, 3.05) is 27.9 Å². The average molecular weight is 718 g/mol. The zero-order valence-electron chi connectivity index (χ0n) is 28.0. The molecule has 13 nitrogen and oxygen atoms in total. The molecule has 5 N–H and O–H groups in total. The number of esters is 1. The Labute approximate surface area is 296 Å². The molecule has 270 valence electrons. The van der Waals surface area contributed by atoms with Crippen LogP contribution in [-0.4, -0.2) is 52.2 Å². The van der Waals surface area contributed by atoms with Crippen LogP contribution in [0.5, 0.6) is 0 Å². The Bertz CT molecular complexity index is 1970. The minimum atomic E-state index is -4.61. The van der Waals surface area contributed by atoms with Crippen molar-refractivity contribution in [3.05, 3.63) is 114 Å². The van der Waals surface area contributed by atoms with Crippen molar-refractivity contribution in [2.24, 2.45) is 0 Å². The molecule has 4 rings (SSSR count). The number of nitrogens with one attached hydrogen (secondary N) is 5. The predicted molar refractivity (Wildman–Crippen MR) is 187 cm³/mol. The van der Waals surface area contributed by atoms with Crippen molar-refractivity contribution in [3.63, 3.8) is 0 Å². The van der Waals surface area contributed by atoms with Crippen LogP contribution in [0, 0.1) is 6.92 Å². The lowest BCUT2D eigenvalue weighted by molar-refractivity contribution is -0.143. The number of hydrogen-bond donors (Lipinski definition) is 5. The zero-order valence-corrected chi connectivity index (χ0v) is 28.0. The van der Waals surface area contributed by atoms with Gasteiger partial charge in [0.25, 0.3) is 11.8 Å². The van der Waals surface area contributed by atoms with Gasteiger partial charge in [0.2, 0.25) is 17.8 Å². The van der Waals surface area contributed by atoms with Crippen molar-refractivity contribution in [2.45, 2.75) is 38.9 Å². The van der Waals surface area contributed by atoms with Gasteiger partial charge < -0.3 is 31.3 Å². The quantitative estimate of drug-likeness (QED) is 0.0772. The van der Waals surface area contributed by atoms with Crippen LogP contribution in [0.25, 0.3) is 0 Å². The maximum absolute atomic E-state index is 13.1. The number of carbonyl (C=O) groups excluding carboxylic acids is 5. The normalized spacial score (nSPS) is 11.4. The van der Waals surface area contributed by atoms with Crippen LogP contribution in [0.15, 0.2) is 91.8 Å². The second-order valence-electron chi connectivity index (χ2n) is 11.1. The number of benzene rings is 3. The Morgan fingerprint density at radius 1 is 0.846 bits per heavy atom. The van der Waals surface area contributed by atoms with Gasteiger partial charge in [0.15, 0.2) is 0 Å². The van der Waals surface area contributed by atoms with Crippen molar-refractivity contribution < 1.29 is 41.9 Å². The molecular formula is C36H34F3N7O6. The van der Waals surface area contributed by atoms with E-state index in [2.05, 4.69) is 43.1 Å². The minimum Gasteiger partial charge on any atom is -0.466 e. The van der Waals surface area contributed by atoms with Crippen LogP contribution in [-0.2, 0) is 25.3 Å². The number of ether oxygens (including phenoxy) is 1. The molecule has 0 aliphatic carbocycles. The van der Waals surface area contributed by atoms with E-state index in [9.17, 15) is 37.1 Å². The lowest BCUT2D eigenvalue weighted by Crippen LogP contribution is -2.43. The molecule has 0 unspecified atom stereocenters. The summed E-state index contributed by atoms with van der Waals surface area (Å²) in [6, 6.07) is 14.0. The molecule has 1 atom stereocenters. The molecule has 0 aliphatic heterocycles. The fourth-order valence-corrected chi connectivity index (χ4v) is 4.67. The molecule has 3 aromatic carbocycles. The first-order valence-electron chi connectivity index (χ1n) is 15.7. The SMILES string of the molecule is C=CC(=O)N[C@@H](CCC(=O)OCC)C(=O)Nc1cccc(Nc2ncc(NC(=O)c3cc(NC(=O)c4cccc(C(F)(F)F)c4)ccc3C)cn2)c1. The molecule has 1 heterocycles. The summed E-state index contributed by atoms with van der Waals surface area (Å²) in [5.41, 5.74) is 0.893. The van der Waals surface area contributed by atoms with Crippen molar-refractivity contribution in [1.29, 1.82) is 0 Å². The van der Waals surface area contributed by atoms with E-state index >= 15 is 0 Å². The molecule has 0 spiro atoms. The smallest absolute Gasteiger partial charge is 0.416 e. The Balaban J connectivity index is 1.37. The number of halogens is 3. The number of amides is 4. The van der Waals surface area contributed by atoms with Gasteiger partial charge in [-0.05, 0) is 80.4 Å². The topological polar surface area (TPSA) is 181 Å². The van der Waals surface area contributed by atoms with E-state index in [4.69, 9.17) is 4.74 Å². The highest BCUT2D eigenvalue weighted by molar-refractivity contribution is 6.08. The van der Waals surface area contributed by atoms with E-state index in [1.54, 1.807) is 44.2 Å². The first kappa shape index (κ1) is 38.2. The first-order chi connectivity index (χ1) is 24.7. The minimum absolute atomic E-state index is 0.00376. The number of aryl methyl sites for hydroxylation is 1. The maximum Gasteiger partial charge on any atom is 0.416 e. The number of alkyl halides is 3. The highest BCUT2D eigenvalue weighted by atomic mass is 19.4. The molecule has 0 fully saturated rings. The summed E-state index contributed by atoms with van der Waals surface area (Å²) in [4.78, 5) is 70.9. The number of carbonyl (C=O) groups is 5. The highest BCUT2D eigenvalue weighted by Gasteiger charge is 2.31. The van der Waals surface area contributed by atoms with E-state index in [0.29, 0.717) is 16.9 Å². The molecule has 1 aromatic heterocycles. The molecule has 52 heavy (non-hydrogen) atoms. The van der Waals surface area contributed by atoms with Gasteiger partial charge in [-0.3, -0.25) is 24.0 Å². The van der Waals surface area contributed by atoms with E-state index in [1.165, 1.54) is 30.6 Å². The molecule has 0 bridgehead atoms. The monoisotopic (exact) mass is 717 g/mol. The lowest BCUT2D eigenvalue weighted by atomic mass is 10.1. The van der Waals surface area contributed by atoms with E-state index in [1.807, 2.05) is 0 Å². The average Bonchev–Trinajstić information content (AvgIpc) is 3.11. The Kier molecular flexibility index (Phi) is 12.8. The third kappa shape index (κ3) is 11.0. The summed E-state index contributed by atoms with van der Waals surface area (Å²) < 4.78 is 44.2. The summed E-state index contributed by atoms with van der Waals surface area (Å²) in [5.74, 6) is -2.83. The van der Waals surface area contributed by atoms with Crippen LogP contribution < -0.4 is 26.6 Å². The van der Waals surface area contributed by atoms with Gasteiger partial charge in [-0.15, -0.1) is 0 Å². The fraction of sp³-hybridized carbons (Fsp3) is 0.194. The van der Waals surface area contributed by atoms with Gasteiger partial charge in [0.05, 0.1) is 30.3 Å². The predicted octanol–water partition coefficient (Wildman–Crippen LogP) is 6.00. The molecule has 4 amide bonds. The standard InChI is InChI=1S/C36H34F3N7O6/c1-4-30(47)46-29(14-15-31(48)52-5-2)34(51)43-24-10-7-11-25(17-24)45-35-40-19-27(20-41-35)44-33(50)28-18-26(13-12-21(28)3)42-32(49)22-8-6-9-23(16-22)36(37,38)39/h4,6-13,16-20,29H,1,5,14-15H2,2-3H3,(H,42,49)(H,43,51)(H,44,50)(H,46,47)(H,40,41,45)/t29-/m0/s1. The Hall–Kier alpha value is -6.58. The summed E-state index contributed by atoms with van der Waals surface area (Å²) in [7, 11) is 0. The summed E-state index contributed by atoms with van der Waals surface area (Å²) in [6.45, 7) is 6.90. The second kappa shape index (κ2) is 17.4. The summed E-state index contributed by atoms with van der Waals surface area (Å²) in [6.07, 6.45) is -0.976. The zero-order chi connectivity index (χ0) is 37.8. The molecule has 0 saturated heterocycles. The number of hydrogen-bond acceptors (Lipinski definition) is 9. The van der Waals surface area contributed by atoms with Gasteiger partial charge in [0, 0.05) is 34.6 Å². The molecule has 16 heteroatoms. The Morgan fingerprint density at radius 3 is 2.21 bits per heavy atom. The van der Waals surface area contributed by atoms with Crippen LogP contribution in [0.2, 0.25) is 0 Å². The van der Waals surface area contributed by atoms with Crippen molar-refractivity contribution in [3.8, 4) is 0 Å². The first-order valence-corrected chi connectivity index (χ1v) is 15.7. The van der Waals surface area contributed by atoms with Gasteiger partial charge in [-0.2, -0.15) is 13.2 Å². The third-order valence-electron chi connectivity index (χ3n) is 7.25. The number of nitrogens with zero attached hydrogens (tertiary/aromatic N) is 2. The van der Waals surface area contributed by atoms with Gasteiger partial charge in [-0.1, -0.05) is 24.8 Å². The number of aromatic nitrogens is 2. The fourth-order valence-electron chi connectivity index (χ4n) is 4.67. The Morgan fingerprint density at radius 2 is 1.52 bits per heavy atom. The number of rotatable bonds is 14. The molecule has 0 saturated carbocycles. The summed E-state index contributed by atoms with van der Waals surface area (Å²) >= 11 is 0. The lowest BCUT2D eigenvalue weighted by Gasteiger charge is -2.18. The van der Waals surface area contributed by atoms with Crippen molar-refractivity contribution >= 4 is 58.3 Å². The van der Waals surface area contributed by atoms with Gasteiger partial charge in [0.1, 0.15) is 6.04 Å². The summed E-state index contributed by atoms with van der Waals surface area (Å²) in [5, 5.41) is 13.4. The largest absolute Gasteiger partial charge is 0.466 e. The van der Waals surface area contributed by atoms with Gasteiger partial charge >= 0.3 is 12.1 Å². The molecular weight excluding hydrogens is 683 g/mol. The molecule has 0 aliphatic rings. The van der Waals surface area contributed by atoms with Crippen LogP contribution in [0.4, 0.5) is 41.9 Å². The third-order valence-corrected chi connectivity index (χ3v) is 7.25. The van der Waals surface area contributed by atoms with E-state index in [-0.39, 0.29) is 47.9 Å². The maximum atomic E-state index is 13.1. The second-order valence-corrected chi connectivity index (χ2v) is 11.1. The van der Waals surface area contributed by atoms with Crippen LogP contribution >= 0.6 is 0 Å². The van der Waals surface area contributed by atoms with Gasteiger partial charge in [-0.25, -0.2) is 9.97 Å². The number of anilines is 5. The van der Waals surface area contributed by atoms with E-state index in [0.717, 1.165) is 24.3 Å². The van der Waals surface area contributed by atoms with Crippen LogP contribution in [0.3, 0.4) is 0 Å². The molecule has 0 radical (unpaired) electrons. The van der Waals surface area contributed by atoms with E-state index < -0.39 is 47.4 Å². The molecule has 4 aromatic rings. The highest BCUT2D eigenvalue weighted by Crippen LogP contribution is 2.30. The van der Waals surface area contributed by atoms with Crippen LogP contribution in [0.1, 0.15) is 51.6 Å². The van der Waals surface area contributed by atoms with Crippen molar-refractivity contribution in [1.82, 2.24) is 15.3 Å².